The molecule has 0 aromatic heterocycles. The Morgan fingerprint density at radius 1 is 1.38 bits per heavy atom. The van der Waals surface area contributed by atoms with Gasteiger partial charge in [-0.2, -0.15) is 0 Å². The monoisotopic (exact) mass is 353 g/mol. The molecule has 0 saturated heterocycles. The molecule has 0 radical (unpaired) electrons. The van der Waals surface area contributed by atoms with Crippen LogP contribution in [0.4, 0.5) is 0 Å². The minimum Gasteiger partial charge on any atom is -0.466 e. The van der Waals surface area contributed by atoms with Crippen LogP contribution in [0.15, 0.2) is 28.7 Å². The van der Waals surface area contributed by atoms with Gasteiger partial charge >= 0.3 is 5.97 Å². The van der Waals surface area contributed by atoms with Gasteiger partial charge in [-0.1, -0.05) is 28.1 Å². The molecular formula is C16H20BrNO3. The Morgan fingerprint density at radius 2 is 2.14 bits per heavy atom. The summed E-state index contributed by atoms with van der Waals surface area (Å²) in [6.07, 6.45) is 2.72. The maximum Gasteiger partial charge on any atom is 0.305 e. The van der Waals surface area contributed by atoms with Crippen molar-refractivity contribution in [3.8, 4) is 0 Å². The summed E-state index contributed by atoms with van der Waals surface area (Å²) in [4.78, 5) is 23.6. The third-order valence-corrected chi connectivity index (χ3v) is 4.20. The summed E-state index contributed by atoms with van der Waals surface area (Å²) in [6.45, 7) is 2.69. The Kier molecular flexibility index (Phi) is 5.39. The van der Waals surface area contributed by atoms with Crippen LogP contribution >= 0.6 is 15.9 Å². The van der Waals surface area contributed by atoms with E-state index in [2.05, 4.69) is 21.2 Å². The minimum absolute atomic E-state index is 0.0597. The SMILES string of the molecule is CCOC(=O)CCCNC(=O)C1(c2cccc(Br)c2)CC1. The molecule has 0 spiro atoms. The fourth-order valence-electron chi connectivity index (χ4n) is 2.39. The van der Waals surface area contributed by atoms with Crippen LogP contribution in [0.3, 0.4) is 0 Å². The molecule has 21 heavy (non-hydrogen) atoms. The van der Waals surface area contributed by atoms with Crippen LogP contribution in [0.5, 0.6) is 0 Å². The number of ether oxygens (including phenoxy) is 1. The molecule has 5 heteroatoms. The summed E-state index contributed by atoms with van der Waals surface area (Å²) in [5.74, 6) is -0.149. The molecule has 0 bridgehead atoms. The van der Waals surface area contributed by atoms with E-state index < -0.39 is 0 Å². The van der Waals surface area contributed by atoms with Gasteiger partial charge in [0.2, 0.25) is 5.91 Å². The zero-order valence-corrected chi connectivity index (χ0v) is 13.7. The Hall–Kier alpha value is -1.36. The molecule has 1 fully saturated rings. The summed E-state index contributed by atoms with van der Waals surface area (Å²) < 4.78 is 5.84. The lowest BCUT2D eigenvalue weighted by atomic mass is 9.95. The number of nitrogens with one attached hydrogen (secondary N) is 1. The van der Waals surface area contributed by atoms with Crippen LogP contribution in [0, 0.1) is 0 Å². The topological polar surface area (TPSA) is 55.4 Å². The number of carbonyl (C=O) groups excluding carboxylic acids is 2. The molecule has 1 saturated carbocycles. The van der Waals surface area contributed by atoms with E-state index in [1.807, 2.05) is 24.3 Å². The van der Waals surface area contributed by atoms with Crippen molar-refractivity contribution < 1.29 is 14.3 Å². The van der Waals surface area contributed by atoms with Crippen LogP contribution in [0.2, 0.25) is 0 Å². The fourth-order valence-corrected chi connectivity index (χ4v) is 2.79. The first-order valence-corrected chi connectivity index (χ1v) is 8.08. The highest BCUT2D eigenvalue weighted by molar-refractivity contribution is 9.10. The first kappa shape index (κ1) is 16.0. The summed E-state index contributed by atoms with van der Waals surface area (Å²) in [5, 5.41) is 2.94. The van der Waals surface area contributed by atoms with E-state index in [1.54, 1.807) is 6.92 Å². The number of hydrogen-bond acceptors (Lipinski definition) is 3. The zero-order chi connectivity index (χ0) is 15.3. The highest BCUT2D eigenvalue weighted by Gasteiger charge is 2.51. The predicted molar refractivity (Wildman–Crippen MR) is 83.9 cm³/mol. The maximum absolute atomic E-state index is 12.4. The van der Waals surface area contributed by atoms with Gasteiger partial charge < -0.3 is 10.1 Å². The van der Waals surface area contributed by atoms with E-state index in [0.717, 1.165) is 22.9 Å². The third kappa shape index (κ3) is 4.06. The highest BCUT2D eigenvalue weighted by Crippen LogP contribution is 2.48. The molecule has 1 aliphatic rings. The summed E-state index contributed by atoms with van der Waals surface area (Å²) in [6, 6.07) is 7.91. The van der Waals surface area contributed by atoms with Crippen molar-refractivity contribution in [1.29, 1.82) is 0 Å². The van der Waals surface area contributed by atoms with E-state index in [0.29, 0.717) is 26.0 Å². The third-order valence-electron chi connectivity index (χ3n) is 3.71. The van der Waals surface area contributed by atoms with Crippen LogP contribution in [-0.4, -0.2) is 25.0 Å². The molecule has 4 nitrogen and oxygen atoms in total. The Bertz CT molecular complexity index is 526. The number of rotatable bonds is 7. The maximum atomic E-state index is 12.4. The van der Waals surface area contributed by atoms with E-state index in [9.17, 15) is 9.59 Å². The largest absolute Gasteiger partial charge is 0.466 e. The number of halogens is 1. The molecular weight excluding hydrogens is 334 g/mol. The van der Waals surface area contributed by atoms with Crippen molar-refractivity contribution in [2.75, 3.05) is 13.2 Å². The molecule has 1 aromatic carbocycles. The first-order valence-electron chi connectivity index (χ1n) is 7.28. The number of hydrogen-bond donors (Lipinski definition) is 1. The second kappa shape index (κ2) is 7.07. The van der Waals surface area contributed by atoms with Crippen LogP contribution in [-0.2, 0) is 19.7 Å². The molecule has 0 heterocycles. The van der Waals surface area contributed by atoms with Gasteiger partial charge in [0.15, 0.2) is 0 Å². The molecule has 0 atom stereocenters. The second-order valence-corrected chi connectivity index (χ2v) is 6.17. The minimum atomic E-state index is -0.367. The van der Waals surface area contributed by atoms with Crippen molar-refractivity contribution in [3.63, 3.8) is 0 Å². The standard InChI is InChI=1S/C16H20BrNO3/c1-2-21-14(19)7-4-10-18-15(20)16(8-9-16)12-5-3-6-13(17)11-12/h3,5-6,11H,2,4,7-10H2,1H3,(H,18,20). The van der Waals surface area contributed by atoms with Gasteiger partial charge in [-0.25, -0.2) is 0 Å². The summed E-state index contributed by atoms with van der Waals surface area (Å²) in [7, 11) is 0. The lowest BCUT2D eigenvalue weighted by Gasteiger charge is -2.16. The Labute approximate surface area is 133 Å². The first-order chi connectivity index (χ1) is 10.1. The number of amides is 1. The lowest BCUT2D eigenvalue weighted by molar-refractivity contribution is -0.143. The number of carbonyl (C=O) groups is 2. The average molecular weight is 354 g/mol. The zero-order valence-electron chi connectivity index (χ0n) is 12.2. The molecule has 2 rings (SSSR count). The Morgan fingerprint density at radius 3 is 2.76 bits per heavy atom. The van der Waals surface area contributed by atoms with Gasteiger partial charge in [0.1, 0.15) is 0 Å². The van der Waals surface area contributed by atoms with Gasteiger partial charge in [0, 0.05) is 17.4 Å². The summed E-state index contributed by atoms with van der Waals surface area (Å²) in [5.41, 5.74) is 0.688. The predicted octanol–water partition coefficient (Wildman–Crippen LogP) is 2.94. The normalized spacial score (nSPS) is 15.3. The van der Waals surface area contributed by atoms with Crippen molar-refractivity contribution in [2.45, 2.75) is 38.0 Å². The lowest BCUT2D eigenvalue weighted by Crippen LogP contribution is -2.35. The highest BCUT2D eigenvalue weighted by atomic mass is 79.9. The fraction of sp³-hybridized carbons (Fsp3) is 0.500. The van der Waals surface area contributed by atoms with Crippen molar-refractivity contribution >= 4 is 27.8 Å². The Balaban J connectivity index is 1.82. The number of benzene rings is 1. The molecule has 0 aliphatic heterocycles. The quantitative estimate of drug-likeness (QED) is 0.605. The van der Waals surface area contributed by atoms with Crippen molar-refractivity contribution in [2.24, 2.45) is 0 Å². The van der Waals surface area contributed by atoms with Crippen LogP contribution in [0.1, 0.15) is 38.2 Å². The molecule has 1 aromatic rings. The smallest absolute Gasteiger partial charge is 0.305 e. The van der Waals surface area contributed by atoms with Crippen LogP contribution in [0.25, 0.3) is 0 Å². The number of esters is 1. The molecule has 114 valence electrons. The van der Waals surface area contributed by atoms with E-state index in [1.165, 1.54) is 0 Å². The van der Waals surface area contributed by atoms with Gasteiger partial charge in [-0.05, 0) is 43.9 Å². The summed E-state index contributed by atoms with van der Waals surface area (Å²) >= 11 is 3.44. The second-order valence-electron chi connectivity index (χ2n) is 5.26. The van der Waals surface area contributed by atoms with Crippen LogP contribution < -0.4 is 5.32 Å². The van der Waals surface area contributed by atoms with Gasteiger partial charge in [0.25, 0.3) is 0 Å². The van der Waals surface area contributed by atoms with Gasteiger partial charge in [-0.15, -0.1) is 0 Å². The van der Waals surface area contributed by atoms with E-state index >= 15 is 0 Å². The molecule has 1 aliphatic carbocycles. The van der Waals surface area contributed by atoms with Gasteiger partial charge in [-0.3, -0.25) is 9.59 Å². The van der Waals surface area contributed by atoms with Crippen molar-refractivity contribution in [1.82, 2.24) is 5.32 Å². The molecule has 1 amide bonds. The van der Waals surface area contributed by atoms with Gasteiger partial charge in [0.05, 0.1) is 12.0 Å². The average Bonchev–Trinajstić information content (AvgIpc) is 3.25. The van der Waals surface area contributed by atoms with E-state index in [4.69, 9.17) is 4.74 Å². The molecule has 0 unspecified atom stereocenters. The van der Waals surface area contributed by atoms with E-state index in [-0.39, 0.29) is 17.3 Å². The molecule has 1 N–H and O–H groups in total. The van der Waals surface area contributed by atoms with Crippen molar-refractivity contribution in [3.05, 3.63) is 34.3 Å².